The Kier molecular flexibility index (Phi) is 2.97. The van der Waals surface area contributed by atoms with Crippen LogP contribution in [0.15, 0.2) is 18.3 Å². The van der Waals surface area contributed by atoms with E-state index in [2.05, 4.69) is 4.98 Å². The van der Waals surface area contributed by atoms with Crippen molar-refractivity contribution in [2.24, 2.45) is 5.73 Å². The van der Waals surface area contributed by atoms with Gasteiger partial charge in [-0.25, -0.2) is 0 Å². The van der Waals surface area contributed by atoms with Gasteiger partial charge in [-0.3, -0.25) is 9.78 Å². The Bertz CT molecular complexity index is 312. The van der Waals surface area contributed by atoms with Crippen LogP contribution in [0.5, 0.6) is 0 Å². The number of hydrogen-bond acceptors (Lipinski definition) is 3. The van der Waals surface area contributed by atoms with Crippen LogP contribution >= 0.6 is 0 Å². The lowest BCUT2D eigenvalue weighted by Crippen LogP contribution is -2.32. The average molecular weight is 180 g/mol. The molecule has 1 rings (SSSR count). The Morgan fingerprint density at radius 3 is 3.00 bits per heavy atom. The van der Waals surface area contributed by atoms with Crippen LogP contribution in [0.25, 0.3) is 0 Å². The zero-order chi connectivity index (χ0) is 9.84. The molecule has 1 heterocycles. The highest BCUT2D eigenvalue weighted by atomic mass is 16.4. The number of rotatable bonds is 3. The molecule has 1 aromatic heterocycles. The van der Waals surface area contributed by atoms with Crippen LogP contribution in [0.4, 0.5) is 0 Å². The number of hydrogen-bond donors (Lipinski definition) is 2. The molecule has 0 fully saturated rings. The Balaban J connectivity index is 2.74. The average Bonchev–Trinajstić information content (AvgIpc) is 2.08. The summed E-state index contributed by atoms with van der Waals surface area (Å²) >= 11 is 0. The number of carboxylic acids is 1. The van der Waals surface area contributed by atoms with E-state index in [1.54, 1.807) is 12.3 Å². The van der Waals surface area contributed by atoms with Gasteiger partial charge in [0.25, 0.3) is 0 Å². The number of nitrogens with two attached hydrogens (primary N) is 1. The van der Waals surface area contributed by atoms with Gasteiger partial charge in [0.2, 0.25) is 0 Å². The fraction of sp³-hybridized carbons (Fsp3) is 0.333. The second-order valence-corrected chi connectivity index (χ2v) is 2.90. The molecule has 1 unspecified atom stereocenters. The number of carboxylic acid groups (broad SMARTS) is 1. The lowest BCUT2D eigenvalue weighted by molar-refractivity contribution is -0.138. The lowest BCUT2D eigenvalue weighted by atomic mass is 10.1. The van der Waals surface area contributed by atoms with Crippen molar-refractivity contribution in [1.29, 1.82) is 0 Å². The van der Waals surface area contributed by atoms with Gasteiger partial charge in [0.05, 0.1) is 0 Å². The zero-order valence-electron chi connectivity index (χ0n) is 7.40. The third kappa shape index (κ3) is 2.52. The smallest absolute Gasteiger partial charge is 0.320 e. The van der Waals surface area contributed by atoms with E-state index in [-0.39, 0.29) is 0 Å². The van der Waals surface area contributed by atoms with Crippen molar-refractivity contribution in [3.05, 3.63) is 29.6 Å². The topological polar surface area (TPSA) is 76.2 Å². The first-order valence-corrected chi connectivity index (χ1v) is 4.00. The minimum atomic E-state index is -0.983. The van der Waals surface area contributed by atoms with Crippen LogP contribution < -0.4 is 5.73 Å². The predicted molar refractivity (Wildman–Crippen MR) is 48.3 cm³/mol. The number of carbonyl (C=O) groups is 1. The van der Waals surface area contributed by atoms with Crippen molar-refractivity contribution < 1.29 is 9.90 Å². The second-order valence-electron chi connectivity index (χ2n) is 2.90. The van der Waals surface area contributed by atoms with Gasteiger partial charge >= 0.3 is 5.97 Å². The normalized spacial score (nSPS) is 12.5. The monoisotopic (exact) mass is 180 g/mol. The van der Waals surface area contributed by atoms with Gasteiger partial charge in [-0.1, -0.05) is 6.07 Å². The maximum atomic E-state index is 10.5. The van der Waals surface area contributed by atoms with Gasteiger partial charge in [0.1, 0.15) is 6.04 Å². The van der Waals surface area contributed by atoms with Crippen LogP contribution in [0.3, 0.4) is 0 Å². The minimum Gasteiger partial charge on any atom is -0.480 e. The molecule has 0 saturated heterocycles. The molecular formula is C9H12N2O2. The first-order chi connectivity index (χ1) is 6.11. The van der Waals surface area contributed by atoms with E-state index in [9.17, 15) is 4.79 Å². The molecule has 1 aromatic rings. The standard InChI is InChI=1S/C9H12N2O2/c1-6-7(3-2-4-11-6)5-8(10)9(12)13/h2-4,8H,5,10H2,1H3,(H,12,13). The summed E-state index contributed by atoms with van der Waals surface area (Å²) in [6.07, 6.45) is 2.00. The summed E-state index contributed by atoms with van der Waals surface area (Å²) in [6, 6.07) is 2.77. The van der Waals surface area contributed by atoms with Crippen LogP contribution in [-0.4, -0.2) is 22.1 Å². The number of aromatic nitrogens is 1. The molecule has 4 nitrogen and oxygen atoms in total. The summed E-state index contributed by atoms with van der Waals surface area (Å²) < 4.78 is 0. The van der Waals surface area contributed by atoms with Gasteiger partial charge in [-0.2, -0.15) is 0 Å². The molecule has 0 bridgehead atoms. The molecule has 3 N–H and O–H groups in total. The van der Waals surface area contributed by atoms with Crippen molar-refractivity contribution in [2.45, 2.75) is 19.4 Å². The van der Waals surface area contributed by atoms with E-state index in [1.807, 2.05) is 13.0 Å². The molecule has 13 heavy (non-hydrogen) atoms. The number of nitrogens with zero attached hydrogens (tertiary/aromatic N) is 1. The Hall–Kier alpha value is -1.42. The van der Waals surface area contributed by atoms with Crippen molar-refractivity contribution in [2.75, 3.05) is 0 Å². The van der Waals surface area contributed by atoms with Crippen LogP contribution in [0, 0.1) is 6.92 Å². The molecule has 0 amide bonds. The molecule has 0 aliphatic heterocycles. The molecule has 0 saturated carbocycles. The first-order valence-electron chi connectivity index (χ1n) is 4.00. The van der Waals surface area contributed by atoms with Crippen molar-refractivity contribution in [1.82, 2.24) is 4.98 Å². The third-order valence-electron chi connectivity index (χ3n) is 1.87. The number of pyridine rings is 1. The molecule has 4 heteroatoms. The molecule has 0 aliphatic rings. The number of aryl methyl sites for hydroxylation is 1. The molecular weight excluding hydrogens is 168 g/mol. The van der Waals surface area contributed by atoms with Gasteiger partial charge < -0.3 is 10.8 Å². The lowest BCUT2D eigenvalue weighted by Gasteiger charge is -2.07. The second kappa shape index (κ2) is 4.00. The summed E-state index contributed by atoms with van der Waals surface area (Å²) in [4.78, 5) is 14.5. The quantitative estimate of drug-likeness (QED) is 0.703. The summed E-state index contributed by atoms with van der Waals surface area (Å²) in [5.74, 6) is -0.983. The summed E-state index contributed by atoms with van der Waals surface area (Å²) in [5, 5.41) is 8.59. The van der Waals surface area contributed by atoms with Crippen LogP contribution in [0.1, 0.15) is 11.3 Å². The zero-order valence-corrected chi connectivity index (χ0v) is 7.40. The fourth-order valence-corrected chi connectivity index (χ4v) is 1.06. The summed E-state index contributed by atoms with van der Waals surface area (Å²) in [7, 11) is 0. The first kappa shape index (κ1) is 9.67. The predicted octanol–water partition coefficient (Wildman–Crippen LogP) is 0.344. The highest BCUT2D eigenvalue weighted by molar-refractivity contribution is 5.73. The highest BCUT2D eigenvalue weighted by Gasteiger charge is 2.13. The Morgan fingerprint density at radius 1 is 1.77 bits per heavy atom. The van der Waals surface area contributed by atoms with Gasteiger partial charge in [0.15, 0.2) is 0 Å². The molecule has 0 aliphatic carbocycles. The van der Waals surface area contributed by atoms with E-state index in [4.69, 9.17) is 10.8 Å². The van der Waals surface area contributed by atoms with E-state index >= 15 is 0 Å². The van der Waals surface area contributed by atoms with E-state index in [0.29, 0.717) is 6.42 Å². The third-order valence-corrected chi connectivity index (χ3v) is 1.87. The van der Waals surface area contributed by atoms with E-state index in [1.165, 1.54) is 0 Å². The molecule has 0 radical (unpaired) electrons. The maximum Gasteiger partial charge on any atom is 0.320 e. The largest absolute Gasteiger partial charge is 0.480 e. The van der Waals surface area contributed by atoms with Crippen molar-refractivity contribution in [3.63, 3.8) is 0 Å². The maximum absolute atomic E-state index is 10.5. The molecule has 0 spiro atoms. The summed E-state index contributed by atoms with van der Waals surface area (Å²) in [6.45, 7) is 1.84. The fourth-order valence-electron chi connectivity index (χ4n) is 1.06. The van der Waals surface area contributed by atoms with Gasteiger partial charge in [-0.05, 0) is 18.6 Å². The Labute approximate surface area is 76.4 Å². The Morgan fingerprint density at radius 2 is 2.46 bits per heavy atom. The van der Waals surface area contributed by atoms with Crippen LogP contribution in [0.2, 0.25) is 0 Å². The number of aliphatic carboxylic acids is 1. The van der Waals surface area contributed by atoms with E-state index in [0.717, 1.165) is 11.3 Å². The van der Waals surface area contributed by atoms with Crippen LogP contribution in [-0.2, 0) is 11.2 Å². The molecule has 0 aromatic carbocycles. The van der Waals surface area contributed by atoms with Gasteiger partial charge in [-0.15, -0.1) is 0 Å². The minimum absolute atomic E-state index is 0.328. The van der Waals surface area contributed by atoms with Gasteiger partial charge in [0, 0.05) is 18.3 Å². The van der Waals surface area contributed by atoms with Crippen molar-refractivity contribution >= 4 is 5.97 Å². The molecule has 70 valence electrons. The van der Waals surface area contributed by atoms with Crippen molar-refractivity contribution in [3.8, 4) is 0 Å². The molecule has 1 atom stereocenters. The summed E-state index contributed by atoms with van der Waals surface area (Å²) in [5.41, 5.74) is 7.11. The van der Waals surface area contributed by atoms with E-state index < -0.39 is 12.0 Å². The highest BCUT2D eigenvalue weighted by Crippen LogP contribution is 2.05. The SMILES string of the molecule is Cc1ncccc1CC(N)C(=O)O.